The molecular weight excluding hydrogens is 316 g/mol. The van der Waals surface area contributed by atoms with Crippen LogP contribution in [0.4, 0.5) is 0 Å². The van der Waals surface area contributed by atoms with Gasteiger partial charge >= 0.3 is 0 Å². The summed E-state index contributed by atoms with van der Waals surface area (Å²) < 4.78 is 0. The number of hydrogen-bond donors (Lipinski definition) is 1. The first kappa shape index (κ1) is 18.4. The number of thiophene rings is 1. The summed E-state index contributed by atoms with van der Waals surface area (Å²) in [5.74, 6) is -0.0602. The van der Waals surface area contributed by atoms with Gasteiger partial charge in [0.2, 0.25) is 5.91 Å². The molecule has 0 bridgehead atoms. The second-order valence-corrected chi connectivity index (χ2v) is 6.74. The molecule has 2 aromatic rings. The van der Waals surface area contributed by atoms with Crippen LogP contribution in [-0.2, 0) is 17.9 Å². The van der Waals surface area contributed by atoms with E-state index in [1.165, 1.54) is 11.1 Å². The molecule has 1 N–H and O–H groups in total. The molecule has 3 nitrogen and oxygen atoms in total. The molecule has 0 aliphatic carbocycles. The molecule has 128 valence electrons. The highest BCUT2D eigenvalue weighted by atomic mass is 32.1. The third-order valence-electron chi connectivity index (χ3n) is 4.08. The largest absolute Gasteiger partial charge is 0.348 e. The molecule has 0 spiro atoms. The minimum Gasteiger partial charge on any atom is -0.348 e. The normalized spacial score (nSPS) is 11.3. The number of hydrogen-bond acceptors (Lipinski definition) is 3. The monoisotopic (exact) mass is 342 g/mol. The first-order chi connectivity index (χ1) is 11.6. The van der Waals surface area contributed by atoms with E-state index in [9.17, 15) is 4.79 Å². The predicted molar refractivity (Wildman–Crippen MR) is 103 cm³/mol. The SMILES string of the molecule is CCN(CC)Cc1ccc(CNC(=O)/C=C/c2sccc2C)cc1. The van der Waals surface area contributed by atoms with Gasteiger partial charge in [-0.2, -0.15) is 0 Å². The van der Waals surface area contributed by atoms with Crippen molar-refractivity contribution in [1.29, 1.82) is 0 Å². The van der Waals surface area contributed by atoms with E-state index in [0.29, 0.717) is 6.54 Å². The summed E-state index contributed by atoms with van der Waals surface area (Å²) >= 11 is 1.65. The van der Waals surface area contributed by atoms with Crippen LogP contribution in [0.3, 0.4) is 0 Å². The molecule has 0 fully saturated rings. The fourth-order valence-corrected chi connectivity index (χ4v) is 3.24. The maximum absolute atomic E-state index is 11.9. The second-order valence-electron chi connectivity index (χ2n) is 5.80. The van der Waals surface area contributed by atoms with Gasteiger partial charge in [0, 0.05) is 24.0 Å². The Morgan fingerprint density at radius 2 is 1.79 bits per heavy atom. The molecule has 4 heteroatoms. The highest BCUT2D eigenvalue weighted by Gasteiger charge is 2.02. The van der Waals surface area contributed by atoms with Gasteiger partial charge in [0.25, 0.3) is 0 Å². The maximum Gasteiger partial charge on any atom is 0.244 e. The standard InChI is InChI=1S/C20H26N2OS/c1-4-22(5-2)15-18-8-6-17(7-9-18)14-21-20(23)11-10-19-16(3)12-13-24-19/h6-13H,4-5,14-15H2,1-3H3,(H,21,23)/b11-10+. The molecule has 0 saturated carbocycles. The summed E-state index contributed by atoms with van der Waals surface area (Å²) in [6, 6.07) is 10.5. The van der Waals surface area contributed by atoms with Crippen molar-refractivity contribution in [2.45, 2.75) is 33.9 Å². The van der Waals surface area contributed by atoms with Gasteiger partial charge in [-0.15, -0.1) is 11.3 Å². The zero-order chi connectivity index (χ0) is 17.4. The molecule has 1 aromatic carbocycles. The lowest BCUT2D eigenvalue weighted by atomic mass is 10.1. The molecule has 0 saturated heterocycles. The van der Waals surface area contributed by atoms with Crippen molar-refractivity contribution in [3.63, 3.8) is 0 Å². The minimum absolute atomic E-state index is 0.0602. The van der Waals surface area contributed by atoms with E-state index in [0.717, 1.165) is 30.1 Å². The first-order valence-electron chi connectivity index (χ1n) is 8.42. The van der Waals surface area contributed by atoms with Crippen molar-refractivity contribution >= 4 is 23.3 Å². The first-order valence-corrected chi connectivity index (χ1v) is 9.30. The van der Waals surface area contributed by atoms with Gasteiger partial charge in [-0.25, -0.2) is 0 Å². The lowest BCUT2D eigenvalue weighted by Gasteiger charge is -2.18. The van der Waals surface area contributed by atoms with E-state index in [4.69, 9.17) is 0 Å². The van der Waals surface area contributed by atoms with E-state index in [1.807, 2.05) is 18.4 Å². The van der Waals surface area contributed by atoms with Gasteiger partial charge in [0.05, 0.1) is 0 Å². The van der Waals surface area contributed by atoms with Gasteiger partial charge < -0.3 is 5.32 Å². The molecule has 0 radical (unpaired) electrons. The van der Waals surface area contributed by atoms with Gasteiger partial charge in [-0.3, -0.25) is 9.69 Å². The second kappa shape index (κ2) is 9.40. The molecule has 24 heavy (non-hydrogen) atoms. The molecule has 1 aromatic heterocycles. The van der Waals surface area contributed by atoms with Crippen molar-refractivity contribution in [2.24, 2.45) is 0 Å². The summed E-state index contributed by atoms with van der Waals surface area (Å²) in [5.41, 5.74) is 3.63. The number of aryl methyl sites for hydroxylation is 1. The molecule has 0 aliphatic rings. The quantitative estimate of drug-likeness (QED) is 0.728. The molecule has 0 unspecified atom stereocenters. The summed E-state index contributed by atoms with van der Waals surface area (Å²) in [6.45, 7) is 10.1. The summed E-state index contributed by atoms with van der Waals surface area (Å²) in [7, 11) is 0. The van der Waals surface area contributed by atoms with E-state index in [2.05, 4.69) is 54.4 Å². The molecule has 1 amide bonds. The minimum atomic E-state index is -0.0602. The van der Waals surface area contributed by atoms with Crippen molar-refractivity contribution in [2.75, 3.05) is 13.1 Å². The Hall–Kier alpha value is -1.91. The van der Waals surface area contributed by atoms with Gasteiger partial charge in [0.1, 0.15) is 0 Å². The van der Waals surface area contributed by atoms with Gasteiger partial charge in [-0.05, 0) is 54.2 Å². The number of amides is 1. The summed E-state index contributed by atoms with van der Waals surface area (Å²) in [4.78, 5) is 15.4. The average molecular weight is 343 g/mol. The highest BCUT2D eigenvalue weighted by molar-refractivity contribution is 7.11. The molecule has 1 heterocycles. The fraction of sp³-hybridized carbons (Fsp3) is 0.350. The lowest BCUT2D eigenvalue weighted by molar-refractivity contribution is -0.116. The van der Waals surface area contributed by atoms with Crippen LogP contribution < -0.4 is 5.32 Å². The van der Waals surface area contributed by atoms with Crippen molar-refractivity contribution < 1.29 is 4.79 Å². The smallest absolute Gasteiger partial charge is 0.244 e. The number of carbonyl (C=O) groups is 1. The van der Waals surface area contributed by atoms with Gasteiger partial charge in [0.15, 0.2) is 0 Å². The Kier molecular flexibility index (Phi) is 7.22. The zero-order valence-corrected chi connectivity index (χ0v) is 15.5. The molecule has 2 rings (SSSR count). The summed E-state index contributed by atoms with van der Waals surface area (Å²) in [5, 5.41) is 4.97. The Labute approximate surface area is 149 Å². The van der Waals surface area contributed by atoms with Crippen molar-refractivity contribution in [3.05, 3.63) is 63.4 Å². The van der Waals surface area contributed by atoms with Crippen LogP contribution in [0.15, 0.2) is 41.8 Å². The van der Waals surface area contributed by atoms with Crippen LogP contribution >= 0.6 is 11.3 Å². The Bertz CT molecular complexity index is 669. The Morgan fingerprint density at radius 1 is 1.12 bits per heavy atom. The number of benzene rings is 1. The van der Waals surface area contributed by atoms with Crippen LogP contribution in [0.5, 0.6) is 0 Å². The van der Waals surface area contributed by atoms with Crippen LogP contribution in [0.2, 0.25) is 0 Å². The van der Waals surface area contributed by atoms with Crippen molar-refractivity contribution in [3.8, 4) is 0 Å². The highest BCUT2D eigenvalue weighted by Crippen LogP contribution is 2.16. The van der Waals surface area contributed by atoms with Gasteiger partial charge in [-0.1, -0.05) is 38.1 Å². The average Bonchev–Trinajstić information content (AvgIpc) is 3.02. The van der Waals surface area contributed by atoms with E-state index in [1.54, 1.807) is 17.4 Å². The fourth-order valence-electron chi connectivity index (χ4n) is 2.42. The lowest BCUT2D eigenvalue weighted by Crippen LogP contribution is -2.22. The van der Waals surface area contributed by atoms with Crippen LogP contribution in [0.25, 0.3) is 6.08 Å². The van der Waals surface area contributed by atoms with Crippen molar-refractivity contribution in [1.82, 2.24) is 10.2 Å². The van der Waals surface area contributed by atoms with E-state index in [-0.39, 0.29) is 5.91 Å². The number of carbonyl (C=O) groups excluding carboxylic acids is 1. The Morgan fingerprint density at radius 3 is 2.38 bits per heavy atom. The number of rotatable bonds is 8. The van der Waals surface area contributed by atoms with E-state index < -0.39 is 0 Å². The predicted octanol–water partition coefficient (Wildman–Crippen LogP) is 4.23. The maximum atomic E-state index is 11.9. The number of nitrogens with one attached hydrogen (secondary N) is 1. The number of nitrogens with zero attached hydrogens (tertiary/aromatic N) is 1. The topological polar surface area (TPSA) is 32.3 Å². The van der Waals surface area contributed by atoms with E-state index >= 15 is 0 Å². The zero-order valence-electron chi connectivity index (χ0n) is 14.7. The van der Waals surface area contributed by atoms with Crippen LogP contribution in [0, 0.1) is 6.92 Å². The molecule has 0 atom stereocenters. The van der Waals surface area contributed by atoms with Crippen LogP contribution in [-0.4, -0.2) is 23.9 Å². The third kappa shape index (κ3) is 5.62. The summed E-state index contributed by atoms with van der Waals surface area (Å²) in [6.07, 6.45) is 3.48. The molecule has 0 aliphatic heterocycles. The third-order valence-corrected chi connectivity index (χ3v) is 5.06. The Balaban J connectivity index is 1.82. The molecular formula is C20H26N2OS. The van der Waals surface area contributed by atoms with Crippen LogP contribution in [0.1, 0.15) is 35.4 Å².